The van der Waals surface area contributed by atoms with Crippen molar-refractivity contribution in [2.45, 2.75) is 6.54 Å². The monoisotopic (exact) mass is 264 g/mol. The largest absolute Gasteiger partial charge is 0.465 e. The van der Waals surface area contributed by atoms with Crippen molar-refractivity contribution in [3.8, 4) is 0 Å². The second kappa shape index (κ2) is 6.89. The summed E-state index contributed by atoms with van der Waals surface area (Å²) in [6.07, 6.45) is 0. The van der Waals surface area contributed by atoms with Gasteiger partial charge in [0, 0.05) is 20.6 Å². The van der Waals surface area contributed by atoms with Crippen molar-refractivity contribution in [3.63, 3.8) is 0 Å². The van der Waals surface area contributed by atoms with Crippen LogP contribution in [0.3, 0.4) is 0 Å². The van der Waals surface area contributed by atoms with Gasteiger partial charge in [0.05, 0.1) is 19.2 Å². The van der Waals surface area contributed by atoms with E-state index in [-0.39, 0.29) is 11.9 Å². The molecule has 1 aromatic rings. The number of ether oxygens (including phenoxy) is 1. The smallest absolute Gasteiger partial charge is 0.337 e. The minimum absolute atomic E-state index is 0.0636. The third-order valence-electron chi connectivity index (χ3n) is 2.73. The zero-order chi connectivity index (χ0) is 14.4. The third kappa shape index (κ3) is 4.71. The van der Waals surface area contributed by atoms with E-state index in [2.05, 4.69) is 4.74 Å². The maximum absolute atomic E-state index is 11.5. The number of nitrogens with zero attached hydrogens (tertiary/aromatic N) is 2. The second-order valence-corrected chi connectivity index (χ2v) is 4.65. The lowest BCUT2D eigenvalue weighted by atomic mass is 10.1. The van der Waals surface area contributed by atoms with Crippen LogP contribution < -0.4 is 0 Å². The molecule has 0 N–H and O–H groups in total. The lowest BCUT2D eigenvalue weighted by Gasteiger charge is -2.19. The summed E-state index contributed by atoms with van der Waals surface area (Å²) in [5.41, 5.74) is 1.57. The zero-order valence-corrected chi connectivity index (χ0v) is 11.8. The van der Waals surface area contributed by atoms with Crippen LogP contribution in [0.5, 0.6) is 0 Å². The molecule has 1 amide bonds. The van der Waals surface area contributed by atoms with Crippen LogP contribution >= 0.6 is 0 Å². The highest BCUT2D eigenvalue weighted by molar-refractivity contribution is 5.89. The van der Waals surface area contributed by atoms with Crippen LogP contribution in [0, 0.1) is 0 Å². The van der Waals surface area contributed by atoms with Crippen molar-refractivity contribution < 1.29 is 14.3 Å². The number of hydrogen-bond donors (Lipinski definition) is 0. The lowest BCUT2D eigenvalue weighted by Crippen LogP contribution is -2.34. The number of rotatable bonds is 5. The highest BCUT2D eigenvalue weighted by Crippen LogP contribution is 2.07. The van der Waals surface area contributed by atoms with E-state index in [0.717, 1.165) is 5.56 Å². The molecule has 0 radical (unpaired) electrons. The molecule has 0 saturated heterocycles. The van der Waals surface area contributed by atoms with Crippen molar-refractivity contribution in [2.75, 3.05) is 34.8 Å². The van der Waals surface area contributed by atoms with E-state index in [1.54, 1.807) is 31.1 Å². The number of carbonyl (C=O) groups excluding carboxylic acids is 2. The van der Waals surface area contributed by atoms with E-state index >= 15 is 0 Å². The van der Waals surface area contributed by atoms with Crippen LogP contribution in [0.15, 0.2) is 24.3 Å². The summed E-state index contributed by atoms with van der Waals surface area (Å²) in [7, 11) is 6.72. The zero-order valence-electron chi connectivity index (χ0n) is 11.8. The Morgan fingerprint density at radius 3 is 2.16 bits per heavy atom. The predicted octanol–water partition coefficient (Wildman–Crippen LogP) is 0.993. The van der Waals surface area contributed by atoms with Crippen molar-refractivity contribution in [2.24, 2.45) is 0 Å². The molecule has 0 aliphatic heterocycles. The van der Waals surface area contributed by atoms with Gasteiger partial charge in [-0.05, 0) is 24.7 Å². The van der Waals surface area contributed by atoms with Crippen LogP contribution in [0.1, 0.15) is 15.9 Å². The lowest BCUT2D eigenvalue weighted by molar-refractivity contribution is -0.129. The molecule has 0 atom stereocenters. The number of esters is 1. The Hall–Kier alpha value is -1.88. The van der Waals surface area contributed by atoms with Crippen molar-refractivity contribution in [1.82, 2.24) is 9.80 Å². The van der Waals surface area contributed by atoms with Gasteiger partial charge in [0.2, 0.25) is 5.91 Å². The Balaban J connectivity index is 2.58. The molecule has 0 aliphatic rings. The Morgan fingerprint density at radius 2 is 1.68 bits per heavy atom. The molecule has 5 heteroatoms. The Kier molecular flexibility index (Phi) is 5.51. The highest BCUT2D eigenvalue weighted by Gasteiger charge is 2.09. The summed E-state index contributed by atoms with van der Waals surface area (Å²) in [4.78, 5) is 26.3. The molecule has 5 nitrogen and oxygen atoms in total. The van der Waals surface area contributed by atoms with Gasteiger partial charge in [-0.3, -0.25) is 9.69 Å². The van der Waals surface area contributed by atoms with Crippen molar-refractivity contribution >= 4 is 11.9 Å². The molecule has 0 aliphatic carbocycles. The molecule has 0 spiro atoms. The minimum atomic E-state index is -0.345. The summed E-state index contributed by atoms with van der Waals surface area (Å²) >= 11 is 0. The molecule has 0 bridgehead atoms. The Bertz CT molecular complexity index is 441. The van der Waals surface area contributed by atoms with Gasteiger partial charge in [0.1, 0.15) is 0 Å². The van der Waals surface area contributed by atoms with Crippen LogP contribution in [0.2, 0.25) is 0 Å². The predicted molar refractivity (Wildman–Crippen MR) is 72.8 cm³/mol. The number of methoxy groups -OCH3 is 1. The number of hydrogen-bond acceptors (Lipinski definition) is 4. The average molecular weight is 264 g/mol. The van der Waals surface area contributed by atoms with Crippen LogP contribution in [-0.2, 0) is 16.1 Å². The van der Waals surface area contributed by atoms with Crippen molar-refractivity contribution in [3.05, 3.63) is 35.4 Å². The number of carbonyl (C=O) groups is 2. The molecular weight excluding hydrogens is 244 g/mol. The van der Waals surface area contributed by atoms with Crippen molar-refractivity contribution in [1.29, 1.82) is 0 Å². The highest BCUT2D eigenvalue weighted by atomic mass is 16.5. The molecule has 1 aromatic carbocycles. The Labute approximate surface area is 113 Å². The van der Waals surface area contributed by atoms with E-state index in [4.69, 9.17) is 0 Å². The standard InChI is InChI=1S/C14H20N2O3/c1-15(2)13(17)10-16(3)9-11-5-7-12(8-6-11)14(18)19-4/h5-8H,9-10H2,1-4H3. The average Bonchev–Trinajstić information content (AvgIpc) is 2.38. The first-order valence-electron chi connectivity index (χ1n) is 6.00. The topological polar surface area (TPSA) is 49.9 Å². The molecule has 104 valence electrons. The normalized spacial score (nSPS) is 10.4. The first-order valence-corrected chi connectivity index (χ1v) is 6.00. The van der Waals surface area contributed by atoms with Gasteiger partial charge in [-0.15, -0.1) is 0 Å². The summed E-state index contributed by atoms with van der Waals surface area (Å²) in [6.45, 7) is 1.02. The fourth-order valence-corrected chi connectivity index (χ4v) is 1.60. The molecule has 0 unspecified atom stereocenters. The molecule has 1 rings (SSSR count). The Morgan fingerprint density at radius 1 is 1.11 bits per heavy atom. The van der Waals surface area contributed by atoms with E-state index in [0.29, 0.717) is 18.7 Å². The van der Waals surface area contributed by atoms with Crippen LogP contribution in [0.25, 0.3) is 0 Å². The summed E-state index contributed by atoms with van der Waals surface area (Å²) < 4.78 is 4.64. The van der Waals surface area contributed by atoms with E-state index in [1.165, 1.54) is 7.11 Å². The van der Waals surface area contributed by atoms with Gasteiger partial charge in [-0.2, -0.15) is 0 Å². The van der Waals surface area contributed by atoms with E-state index in [1.807, 2.05) is 24.1 Å². The number of benzene rings is 1. The minimum Gasteiger partial charge on any atom is -0.465 e. The fraction of sp³-hybridized carbons (Fsp3) is 0.429. The summed E-state index contributed by atoms with van der Waals surface area (Å²) in [5, 5.41) is 0. The maximum atomic E-state index is 11.5. The fourth-order valence-electron chi connectivity index (χ4n) is 1.60. The molecule has 0 saturated carbocycles. The second-order valence-electron chi connectivity index (χ2n) is 4.65. The van der Waals surface area contributed by atoms with Gasteiger partial charge in [0.15, 0.2) is 0 Å². The van der Waals surface area contributed by atoms with Gasteiger partial charge < -0.3 is 9.64 Å². The quantitative estimate of drug-likeness (QED) is 0.744. The SMILES string of the molecule is COC(=O)c1ccc(CN(C)CC(=O)N(C)C)cc1. The van der Waals surface area contributed by atoms with E-state index in [9.17, 15) is 9.59 Å². The summed E-state index contributed by atoms with van der Waals surface area (Å²) in [5.74, 6) is -0.281. The third-order valence-corrected chi connectivity index (χ3v) is 2.73. The molecule has 19 heavy (non-hydrogen) atoms. The van der Waals surface area contributed by atoms with Crippen LogP contribution in [0.4, 0.5) is 0 Å². The maximum Gasteiger partial charge on any atom is 0.337 e. The van der Waals surface area contributed by atoms with Gasteiger partial charge in [-0.1, -0.05) is 12.1 Å². The number of amides is 1. The molecule has 0 fully saturated rings. The first-order chi connectivity index (χ1) is 8.93. The van der Waals surface area contributed by atoms with Gasteiger partial charge in [-0.25, -0.2) is 4.79 Å². The van der Waals surface area contributed by atoms with Gasteiger partial charge in [0.25, 0.3) is 0 Å². The molecular formula is C14H20N2O3. The van der Waals surface area contributed by atoms with Gasteiger partial charge >= 0.3 is 5.97 Å². The molecule has 0 aromatic heterocycles. The molecule has 0 heterocycles. The summed E-state index contributed by atoms with van der Waals surface area (Å²) in [6, 6.07) is 7.18. The number of likely N-dealkylation sites (N-methyl/N-ethyl adjacent to an activating group) is 2. The first kappa shape index (κ1) is 15.2. The van der Waals surface area contributed by atoms with Crippen LogP contribution in [-0.4, -0.2) is 56.5 Å². The van der Waals surface area contributed by atoms with E-state index < -0.39 is 0 Å².